The molecule has 0 saturated carbocycles. The number of aliphatic hydroxyl groups excluding tert-OH is 1. The lowest BCUT2D eigenvalue weighted by atomic mass is 9.94. The second-order valence-corrected chi connectivity index (χ2v) is 4.76. The van der Waals surface area contributed by atoms with Gasteiger partial charge in [0.15, 0.2) is 0 Å². The smallest absolute Gasteiger partial charge is 0.430 e. The maximum absolute atomic E-state index is 11.9. The van der Waals surface area contributed by atoms with Crippen LogP contribution in [-0.4, -0.2) is 40.7 Å². The summed E-state index contributed by atoms with van der Waals surface area (Å²) in [6, 6.07) is 9.63. The van der Waals surface area contributed by atoms with Crippen molar-refractivity contribution in [2.24, 2.45) is 5.10 Å². The van der Waals surface area contributed by atoms with E-state index >= 15 is 0 Å². The summed E-state index contributed by atoms with van der Waals surface area (Å²) in [5.74, 6) is 0. The summed E-state index contributed by atoms with van der Waals surface area (Å²) in [7, 11) is 0. The molecule has 0 saturated heterocycles. The third kappa shape index (κ3) is 2.61. The third-order valence-corrected chi connectivity index (χ3v) is 3.17. The second kappa shape index (κ2) is 5.40. The molecule has 0 spiro atoms. The van der Waals surface area contributed by atoms with Crippen LogP contribution in [0.5, 0.6) is 0 Å². The van der Waals surface area contributed by atoms with Crippen LogP contribution in [-0.2, 0) is 4.74 Å². The van der Waals surface area contributed by atoms with E-state index < -0.39 is 11.6 Å². The number of carbonyl (C=O) groups excluding carboxylic acids is 1. The minimum Gasteiger partial charge on any atom is -0.448 e. The lowest BCUT2D eigenvalue weighted by molar-refractivity contribution is 0.0426. The van der Waals surface area contributed by atoms with Crippen molar-refractivity contribution in [2.75, 3.05) is 13.2 Å². The number of aliphatic hydroxyl groups is 1. The van der Waals surface area contributed by atoms with Gasteiger partial charge in [-0.1, -0.05) is 30.3 Å². The molecule has 5 heteroatoms. The van der Waals surface area contributed by atoms with Crippen molar-refractivity contribution in [2.45, 2.75) is 25.8 Å². The van der Waals surface area contributed by atoms with Crippen LogP contribution in [0.15, 0.2) is 35.4 Å². The van der Waals surface area contributed by atoms with Crippen molar-refractivity contribution in [3.63, 3.8) is 0 Å². The van der Waals surface area contributed by atoms with Crippen LogP contribution in [0.4, 0.5) is 4.79 Å². The van der Waals surface area contributed by atoms with E-state index in [0.29, 0.717) is 6.42 Å². The number of amides is 1. The van der Waals surface area contributed by atoms with E-state index in [0.717, 1.165) is 11.3 Å². The molecule has 19 heavy (non-hydrogen) atoms. The summed E-state index contributed by atoms with van der Waals surface area (Å²) in [5, 5.41) is 15.1. The highest BCUT2D eigenvalue weighted by Gasteiger charge is 2.42. The van der Waals surface area contributed by atoms with Crippen molar-refractivity contribution >= 4 is 11.8 Å². The Hall–Kier alpha value is -1.88. The fraction of sp³-hybridized carbons (Fsp3) is 0.429. The van der Waals surface area contributed by atoms with Crippen molar-refractivity contribution in [3.8, 4) is 0 Å². The first kappa shape index (κ1) is 13.5. The van der Waals surface area contributed by atoms with Gasteiger partial charge in [0, 0.05) is 6.42 Å². The average Bonchev–Trinajstić information content (AvgIpc) is 2.79. The summed E-state index contributed by atoms with van der Waals surface area (Å²) in [5.41, 5.74) is 0.997. The molecule has 102 valence electrons. The zero-order chi connectivity index (χ0) is 13.9. The molecule has 1 heterocycles. The highest BCUT2D eigenvalue weighted by molar-refractivity contribution is 6.03. The number of carbonyl (C=O) groups is 1. The van der Waals surface area contributed by atoms with E-state index in [1.165, 1.54) is 5.01 Å². The Morgan fingerprint density at radius 1 is 1.47 bits per heavy atom. The normalized spacial score (nSPS) is 22.3. The standard InChI is InChI=1S/C14H18N2O3/c1-3-19-13(18)16-14(2,10-17)9-12(15-16)11-7-5-4-6-8-11/h4-8,17H,3,9-10H2,1-2H3. The van der Waals surface area contributed by atoms with Crippen LogP contribution in [0.25, 0.3) is 0 Å². The summed E-state index contributed by atoms with van der Waals surface area (Å²) in [6.45, 7) is 3.66. The number of hydrogen-bond donors (Lipinski definition) is 1. The number of ether oxygens (including phenoxy) is 1. The molecule has 0 aromatic heterocycles. The van der Waals surface area contributed by atoms with Gasteiger partial charge >= 0.3 is 6.09 Å². The molecule has 1 aromatic carbocycles. The monoisotopic (exact) mass is 262 g/mol. The van der Waals surface area contributed by atoms with E-state index in [9.17, 15) is 9.90 Å². The summed E-state index contributed by atoms with van der Waals surface area (Å²) < 4.78 is 4.98. The van der Waals surface area contributed by atoms with Crippen molar-refractivity contribution < 1.29 is 14.6 Å². The van der Waals surface area contributed by atoms with Gasteiger partial charge in [-0.25, -0.2) is 4.79 Å². The lowest BCUT2D eigenvalue weighted by Crippen LogP contribution is -2.46. The van der Waals surface area contributed by atoms with Crippen LogP contribution >= 0.6 is 0 Å². The highest BCUT2D eigenvalue weighted by Crippen LogP contribution is 2.30. The number of benzene rings is 1. The van der Waals surface area contributed by atoms with Crippen LogP contribution in [0, 0.1) is 0 Å². The molecule has 1 amide bonds. The first-order valence-electron chi connectivity index (χ1n) is 6.31. The van der Waals surface area contributed by atoms with Gasteiger partial charge in [0.25, 0.3) is 0 Å². The van der Waals surface area contributed by atoms with Crippen LogP contribution in [0.1, 0.15) is 25.8 Å². The maximum Gasteiger partial charge on any atom is 0.430 e. The lowest BCUT2D eigenvalue weighted by Gasteiger charge is -2.29. The predicted octanol–water partition coefficient (Wildman–Crippen LogP) is 2.00. The largest absolute Gasteiger partial charge is 0.448 e. The third-order valence-electron chi connectivity index (χ3n) is 3.17. The van der Waals surface area contributed by atoms with Gasteiger partial charge in [0.1, 0.15) is 0 Å². The van der Waals surface area contributed by atoms with Crippen LogP contribution in [0.2, 0.25) is 0 Å². The van der Waals surface area contributed by atoms with Gasteiger partial charge in [-0.2, -0.15) is 10.1 Å². The molecular formula is C14H18N2O3. The van der Waals surface area contributed by atoms with E-state index in [1.54, 1.807) is 13.8 Å². The molecule has 0 fully saturated rings. The molecule has 1 aromatic rings. The molecule has 1 aliphatic rings. The van der Waals surface area contributed by atoms with E-state index in [4.69, 9.17) is 4.74 Å². The van der Waals surface area contributed by atoms with E-state index in [-0.39, 0.29) is 13.2 Å². The number of rotatable bonds is 3. The Morgan fingerprint density at radius 3 is 2.74 bits per heavy atom. The molecule has 2 rings (SSSR count). The van der Waals surface area contributed by atoms with E-state index in [1.807, 2.05) is 30.3 Å². The van der Waals surface area contributed by atoms with Crippen LogP contribution < -0.4 is 0 Å². The Kier molecular flexibility index (Phi) is 3.85. The number of nitrogens with zero attached hydrogens (tertiary/aromatic N) is 2. The topological polar surface area (TPSA) is 62.1 Å². The molecule has 0 radical (unpaired) electrons. The summed E-state index contributed by atoms with van der Waals surface area (Å²) in [4.78, 5) is 11.9. The van der Waals surface area contributed by atoms with Gasteiger partial charge in [-0.15, -0.1) is 0 Å². The number of hydrogen-bond acceptors (Lipinski definition) is 4. The maximum atomic E-state index is 11.9. The second-order valence-electron chi connectivity index (χ2n) is 4.76. The van der Waals surface area contributed by atoms with Crippen molar-refractivity contribution in [1.82, 2.24) is 5.01 Å². The van der Waals surface area contributed by atoms with Gasteiger partial charge in [-0.3, -0.25) is 0 Å². The average molecular weight is 262 g/mol. The molecule has 1 atom stereocenters. The Morgan fingerprint density at radius 2 is 2.16 bits per heavy atom. The molecule has 0 bridgehead atoms. The summed E-state index contributed by atoms with van der Waals surface area (Å²) in [6.07, 6.45) is -0.0169. The first-order valence-corrected chi connectivity index (χ1v) is 6.31. The minimum absolute atomic E-state index is 0.161. The molecule has 0 aliphatic carbocycles. The Balaban J connectivity index is 2.29. The van der Waals surface area contributed by atoms with Crippen LogP contribution in [0.3, 0.4) is 0 Å². The predicted molar refractivity (Wildman–Crippen MR) is 71.9 cm³/mol. The Bertz CT molecular complexity index is 487. The minimum atomic E-state index is -0.739. The fourth-order valence-corrected chi connectivity index (χ4v) is 2.07. The molecule has 1 unspecified atom stereocenters. The van der Waals surface area contributed by atoms with Crippen molar-refractivity contribution in [3.05, 3.63) is 35.9 Å². The number of hydrazone groups is 1. The zero-order valence-electron chi connectivity index (χ0n) is 11.2. The molecule has 1 aliphatic heterocycles. The SMILES string of the molecule is CCOC(=O)N1N=C(c2ccccc2)CC1(C)CO. The van der Waals surface area contributed by atoms with Crippen molar-refractivity contribution in [1.29, 1.82) is 0 Å². The quantitative estimate of drug-likeness (QED) is 0.906. The highest BCUT2D eigenvalue weighted by atomic mass is 16.6. The first-order chi connectivity index (χ1) is 9.10. The zero-order valence-corrected chi connectivity index (χ0v) is 11.2. The van der Waals surface area contributed by atoms with Gasteiger partial charge < -0.3 is 9.84 Å². The van der Waals surface area contributed by atoms with Gasteiger partial charge in [0.2, 0.25) is 0 Å². The van der Waals surface area contributed by atoms with Gasteiger partial charge in [0.05, 0.1) is 24.5 Å². The van der Waals surface area contributed by atoms with E-state index in [2.05, 4.69) is 5.10 Å². The van der Waals surface area contributed by atoms with Gasteiger partial charge in [-0.05, 0) is 19.4 Å². The molecule has 1 N–H and O–H groups in total. The summed E-state index contributed by atoms with van der Waals surface area (Å²) >= 11 is 0. The molecule has 5 nitrogen and oxygen atoms in total. The Labute approximate surface area is 112 Å². The fourth-order valence-electron chi connectivity index (χ4n) is 2.07. The molecular weight excluding hydrogens is 244 g/mol.